The number of nitrogens with zero attached hydrogens (tertiary/aromatic N) is 2. The Hall–Kier alpha value is -0.830. The zero-order valence-corrected chi connectivity index (χ0v) is 8.53. The van der Waals surface area contributed by atoms with Crippen molar-refractivity contribution in [2.75, 3.05) is 6.54 Å². The molecule has 0 saturated heterocycles. The van der Waals surface area contributed by atoms with Crippen LogP contribution in [0.3, 0.4) is 0 Å². The van der Waals surface area contributed by atoms with Crippen LogP contribution in [0.25, 0.3) is 0 Å². The van der Waals surface area contributed by atoms with Gasteiger partial charge in [-0.1, -0.05) is 6.92 Å². The molecule has 1 aromatic heterocycles. The summed E-state index contributed by atoms with van der Waals surface area (Å²) < 4.78 is 2.25. The zero-order valence-electron chi connectivity index (χ0n) is 8.53. The SMILES string of the molecule is CCc1nccn1C(C)CCCN. The van der Waals surface area contributed by atoms with Crippen molar-refractivity contribution in [3.05, 3.63) is 18.2 Å². The standard InChI is InChI=1S/C10H19N3/c1-3-10-12-7-8-13(10)9(2)5-4-6-11/h7-9H,3-6,11H2,1-2H3. The van der Waals surface area contributed by atoms with Gasteiger partial charge in [0.15, 0.2) is 0 Å². The lowest BCUT2D eigenvalue weighted by atomic mass is 10.2. The van der Waals surface area contributed by atoms with Crippen LogP contribution in [-0.2, 0) is 6.42 Å². The van der Waals surface area contributed by atoms with Crippen molar-refractivity contribution >= 4 is 0 Å². The van der Waals surface area contributed by atoms with Crippen LogP contribution >= 0.6 is 0 Å². The molecule has 0 aliphatic rings. The van der Waals surface area contributed by atoms with Gasteiger partial charge in [0.2, 0.25) is 0 Å². The topological polar surface area (TPSA) is 43.8 Å². The van der Waals surface area contributed by atoms with Crippen molar-refractivity contribution < 1.29 is 0 Å². The lowest BCUT2D eigenvalue weighted by Crippen LogP contribution is -2.10. The van der Waals surface area contributed by atoms with Crippen LogP contribution < -0.4 is 5.73 Å². The van der Waals surface area contributed by atoms with Gasteiger partial charge < -0.3 is 10.3 Å². The van der Waals surface area contributed by atoms with Crippen LogP contribution in [0, 0.1) is 0 Å². The first-order valence-corrected chi connectivity index (χ1v) is 5.01. The summed E-state index contributed by atoms with van der Waals surface area (Å²) >= 11 is 0. The summed E-state index contributed by atoms with van der Waals surface area (Å²) in [5.74, 6) is 1.17. The number of hydrogen-bond acceptors (Lipinski definition) is 2. The molecule has 1 atom stereocenters. The summed E-state index contributed by atoms with van der Waals surface area (Å²) in [6.07, 6.45) is 7.15. The van der Waals surface area contributed by atoms with Gasteiger partial charge in [-0.05, 0) is 26.3 Å². The molecule has 2 N–H and O–H groups in total. The molecule has 0 spiro atoms. The van der Waals surface area contributed by atoms with Gasteiger partial charge in [-0.25, -0.2) is 4.98 Å². The Morgan fingerprint density at radius 3 is 3.00 bits per heavy atom. The average molecular weight is 181 g/mol. The number of imidazole rings is 1. The van der Waals surface area contributed by atoms with Gasteiger partial charge in [-0.15, -0.1) is 0 Å². The lowest BCUT2D eigenvalue weighted by molar-refractivity contribution is 0.477. The van der Waals surface area contributed by atoms with Crippen LogP contribution in [0.15, 0.2) is 12.4 Å². The predicted octanol–water partition coefficient (Wildman–Crippen LogP) is 1.75. The third-order valence-electron chi connectivity index (χ3n) is 2.37. The minimum Gasteiger partial charge on any atom is -0.332 e. The molecule has 0 aliphatic heterocycles. The minimum atomic E-state index is 0.529. The number of aromatic nitrogens is 2. The maximum Gasteiger partial charge on any atom is 0.108 e. The summed E-state index contributed by atoms with van der Waals surface area (Å²) in [4.78, 5) is 4.30. The number of hydrogen-bond donors (Lipinski definition) is 1. The second-order valence-electron chi connectivity index (χ2n) is 3.38. The largest absolute Gasteiger partial charge is 0.332 e. The van der Waals surface area contributed by atoms with Gasteiger partial charge in [-0.3, -0.25) is 0 Å². The molecule has 0 amide bonds. The fourth-order valence-corrected chi connectivity index (χ4v) is 1.57. The quantitative estimate of drug-likeness (QED) is 0.752. The van der Waals surface area contributed by atoms with Crippen LogP contribution in [0.4, 0.5) is 0 Å². The van der Waals surface area contributed by atoms with Crippen molar-refractivity contribution in [1.82, 2.24) is 9.55 Å². The van der Waals surface area contributed by atoms with Crippen molar-refractivity contribution in [3.8, 4) is 0 Å². The Morgan fingerprint density at radius 2 is 2.38 bits per heavy atom. The number of nitrogens with two attached hydrogens (primary N) is 1. The molecule has 0 radical (unpaired) electrons. The van der Waals surface area contributed by atoms with Crippen LogP contribution in [-0.4, -0.2) is 16.1 Å². The monoisotopic (exact) mass is 181 g/mol. The highest BCUT2D eigenvalue weighted by molar-refractivity contribution is 4.94. The van der Waals surface area contributed by atoms with Gasteiger partial charge in [0.25, 0.3) is 0 Å². The summed E-state index contributed by atoms with van der Waals surface area (Å²) in [5.41, 5.74) is 5.48. The predicted molar refractivity (Wildman–Crippen MR) is 54.6 cm³/mol. The number of rotatable bonds is 5. The molecule has 1 aromatic rings. The van der Waals surface area contributed by atoms with Gasteiger partial charge in [0, 0.05) is 24.9 Å². The van der Waals surface area contributed by atoms with E-state index in [4.69, 9.17) is 5.73 Å². The summed E-state index contributed by atoms with van der Waals surface area (Å²) in [5, 5.41) is 0. The normalized spacial score (nSPS) is 13.2. The summed E-state index contributed by atoms with van der Waals surface area (Å²) in [6.45, 7) is 5.13. The van der Waals surface area contributed by atoms with Gasteiger partial charge in [0.05, 0.1) is 0 Å². The highest BCUT2D eigenvalue weighted by Crippen LogP contribution is 2.14. The summed E-state index contributed by atoms with van der Waals surface area (Å²) in [6, 6.07) is 0.529. The highest BCUT2D eigenvalue weighted by Gasteiger charge is 2.07. The van der Waals surface area contributed by atoms with Crippen molar-refractivity contribution in [2.24, 2.45) is 5.73 Å². The molecule has 1 heterocycles. The van der Waals surface area contributed by atoms with Crippen molar-refractivity contribution in [1.29, 1.82) is 0 Å². The third-order valence-corrected chi connectivity index (χ3v) is 2.37. The maximum absolute atomic E-state index is 5.48. The van der Waals surface area contributed by atoms with E-state index in [0.717, 1.165) is 25.8 Å². The molecule has 3 heteroatoms. The smallest absolute Gasteiger partial charge is 0.108 e. The molecule has 1 unspecified atom stereocenters. The molecule has 74 valence electrons. The van der Waals surface area contributed by atoms with Crippen LogP contribution in [0.2, 0.25) is 0 Å². The van der Waals surface area contributed by atoms with Gasteiger partial charge in [-0.2, -0.15) is 0 Å². The summed E-state index contributed by atoms with van der Waals surface area (Å²) in [7, 11) is 0. The zero-order chi connectivity index (χ0) is 9.68. The van der Waals surface area contributed by atoms with E-state index in [0.29, 0.717) is 6.04 Å². The third kappa shape index (κ3) is 2.56. The van der Waals surface area contributed by atoms with Crippen LogP contribution in [0.1, 0.15) is 38.6 Å². The lowest BCUT2D eigenvalue weighted by Gasteiger charge is -2.15. The second-order valence-corrected chi connectivity index (χ2v) is 3.38. The molecule has 13 heavy (non-hydrogen) atoms. The maximum atomic E-state index is 5.48. The van der Waals surface area contributed by atoms with E-state index in [1.807, 2.05) is 6.20 Å². The van der Waals surface area contributed by atoms with E-state index in [9.17, 15) is 0 Å². The van der Waals surface area contributed by atoms with E-state index in [-0.39, 0.29) is 0 Å². The van der Waals surface area contributed by atoms with E-state index < -0.39 is 0 Å². The molecule has 1 rings (SSSR count). The molecular formula is C10H19N3. The fourth-order valence-electron chi connectivity index (χ4n) is 1.57. The first-order valence-electron chi connectivity index (χ1n) is 5.01. The Balaban J connectivity index is 2.59. The fraction of sp³-hybridized carbons (Fsp3) is 0.700. The van der Waals surface area contributed by atoms with Gasteiger partial charge >= 0.3 is 0 Å². The molecule has 0 bridgehead atoms. The first-order chi connectivity index (χ1) is 6.29. The molecule has 0 fully saturated rings. The van der Waals surface area contributed by atoms with Crippen molar-refractivity contribution in [2.45, 2.75) is 39.2 Å². The van der Waals surface area contributed by atoms with E-state index in [2.05, 4.69) is 29.6 Å². The Morgan fingerprint density at radius 1 is 1.62 bits per heavy atom. The average Bonchev–Trinajstić information content (AvgIpc) is 2.61. The van der Waals surface area contributed by atoms with Gasteiger partial charge in [0.1, 0.15) is 5.82 Å². The minimum absolute atomic E-state index is 0.529. The van der Waals surface area contributed by atoms with Crippen LogP contribution in [0.5, 0.6) is 0 Å². The Kier molecular flexibility index (Phi) is 3.96. The Bertz CT molecular complexity index is 242. The van der Waals surface area contributed by atoms with E-state index >= 15 is 0 Å². The van der Waals surface area contributed by atoms with E-state index in [1.54, 1.807) is 0 Å². The molecule has 0 aliphatic carbocycles. The number of aryl methyl sites for hydroxylation is 1. The highest BCUT2D eigenvalue weighted by atomic mass is 15.1. The Labute approximate surface area is 80.0 Å². The second kappa shape index (κ2) is 5.02. The molecule has 0 aromatic carbocycles. The molecular weight excluding hydrogens is 162 g/mol. The first kappa shape index (κ1) is 10.3. The molecule has 3 nitrogen and oxygen atoms in total. The van der Waals surface area contributed by atoms with E-state index in [1.165, 1.54) is 5.82 Å². The molecule has 0 saturated carbocycles. The van der Waals surface area contributed by atoms with Crippen molar-refractivity contribution in [3.63, 3.8) is 0 Å².